The summed E-state index contributed by atoms with van der Waals surface area (Å²) in [6, 6.07) is 9.91. The molecule has 0 aliphatic heterocycles. The number of ether oxygens (including phenoxy) is 2. The lowest BCUT2D eigenvalue weighted by Gasteiger charge is -2.07. The van der Waals surface area contributed by atoms with E-state index in [2.05, 4.69) is 18.2 Å². The summed E-state index contributed by atoms with van der Waals surface area (Å²) in [6.07, 6.45) is 8.13. The van der Waals surface area contributed by atoms with Crippen LogP contribution in [0.15, 0.2) is 42.7 Å². The number of methoxy groups -OCH3 is 2. The number of nitrogens with zero attached hydrogens (tertiary/aromatic N) is 1. The summed E-state index contributed by atoms with van der Waals surface area (Å²) in [5, 5.41) is 0. The molecule has 20 heavy (non-hydrogen) atoms. The number of pyridine rings is 1. The summed E-state index contributed by atoms with van der Waals surface area (Å²) in [7, 11) is 5.31. The van der Waals surface area contributed by atoms with Gasteiger partial charge in [0.05, 0.1) is 14.2 Å². The SMILES string of the molecule is COc1ccc(C=Cc2cc[n+](C)cc2)c(OC)c1.[I-]. The molecule has 0 fully saturated rings. The van der Waals surface area contributed by atoms with Crippen LogP contribution in [-0.2, 0) is 7.05 Å². The second-order valence-corrected chi connectivity index (χ2v) is 4.24. The Bertz CT molecular complexity index is 580. The van der Waals surface area contributed by atoms with Crippen molar-refractivity contribution in [2.24, 2.45) is 7.05 Å². The number of aromatic nitrogens is 1. The van der Waals surface area contributed by atoms with Gasteiger partial charge in [0.15, 0.2) is 12.4 Å². The minimum absolute atomic E-state index is 0. The predicted molar refractivity (Wildman–Crippen MR) is 76.1 cm³/mol. The summed E-state index contributed by atoms with van der Waals surface area (Å²) in [5.41, 5.74) is 2.17. The molecule has 0 spiro atoms. The fourth-order valence-electron chi connectivity index (χ4n) is 1.77. The molecular weight excluding hydrogens is 365 g/mol. The molecule has 0 unspecified atom stereocenters. The Labute approximate surface area is 136 Å². The number of aryl methyl sites for hydroxylation is 1. The normalized spacial score (nSPS) is 10.2. The van der Waals surface area contributed by atoms with E-state index in [1.807, 2.05) is 48.3 Å². The molecule has 3 nitrogen and oxygen atoms in total. The second kappa shape index (κ2) is 7.89. The van der Waals surface area contributed by atoms with E-state index in [0.717, 1.165) is 22.6 Å². The van der Waals surface area contributed by atoms with E-state index in [0.29, 0.717) is 0 Å². The highest BCUT2D eigenvalue weighted by Gasteiger charge is 2.02. The van der Waals surface area contributed by atoms with Gasteiger partial charge in [-0.3, -0.25) is 0 Å². The highest BCUT2D eigenvalue weighted by molar-refractivity contribution is 5.72. The lowest BCUT2D eigenvalue weighted by molar-refractivity contribution is -0.671. The van der Waals surface area contributed by atoms with E-state index in [1.54, 1.807) is 14.2 Å². The maximum Gasteiger partial charge on any atom is 0.169 e. The Morgan fingerprint density at radius 2 is 1.65 bits per heavy atom. The fourth-order valence-corrected chi connectivity index (χ4v) is 1.77. The first-order chi connectivity index (χ1) is 9.22. The van der Waals surface area contributed by atoms with Crippen molar-refractivity contribution < 1.29 is 38.0 Å². The zero-order chi connectivity index (χ0) is 13.7. The molecule has 1 aromatic carbocycles. The van der Waals surface area contributed by atoms with Gasteiger partial charge in [0.1, 0.15) is 18.5 Å². The van der Waals surface area contributed by atoms with Gasteiger partial charge in [-0.05, 0) is 17.7 Å². The molecule has 0 bridgehead atoms. The summed E-state index contributed by atoms with van der Waals surface area (Å²) < 4.78 is 12.5. The van der Waals surface area contributed by atoms with E-state index in [-0.39, 0.29) is 24.0 Å². The third-order valence-electron chi connectivity index (χ3n) is 2.90. The standard InChI is InChI=1S/C16H18NO2.HI/c1-17-10-8-13(9-11-17)4-5-14-6-7-15(18-2)12-16(14)19-3;/h4-12H,1-3H3;1H/q+1;/p-1. The van der Waals surface area contributed by atoms with Gasteiger partial charge >= 0.3 is 0 Å². The van der Waals surface area contributed by atoms with Gasteiger partial charge in [0, 0.05) is 23.8 Å². The van der Waals surface area contributed by atoms with Crippen LogP contribution in [0.4, 0.5) is 0 Å². The monoisotopic (exact) mass is 383 g/mol. The van der Waals surface area contributed by atoms with Gasteiger partial charge in [-0.1, -0.05) is 12.2 Å². The van der Waals surface area contributed by atoms with Crippen molar-refractivity contribution in [3.05, 3.63) is 53.9 Å². The van der Waals surface area contributed by atoms with Gasteiger partial charge in [-0.25, -0.2) is 4.57 Å². The van der Waals surface area contributed by atoms with Crippen LogP contribution in [0.1, 0.15) is 11.1 Å². The lowest BCUT2D eigenvalue weighted by Crippen LogP contribution is -3.00. The maximum absolute atomic E-state index is 5.36. The van der Waals surface area contributed by atoms with Gasteiger partial charge in [-0.2, -0.15) is 0 Å². The third kappa shape index (κ3) is 4.23. The molecule has 0 aliphatic rings. The Balaban J connectivity index is 0.00000200. The van der Waals surface area contributed by atoms with Crippen molar-refractivity contribution >= 4 is 12.2 Å². The molecule has 0 saturated carbocycles. The van der Waals surface area contributed by atoms with E-state index < -0.39 is 0 Å². The van der Waals surface area contributed by atoms with E-state index in [9.17, 15) is 0 Å². The molecule has 0 N–H and O–H groups in total. The van der Waals surface area contributed by atoms with Crippen molar-refractivity contribution in [1.29, 1.82) is 0 Å². The zero-order valence-corrected chi connectivity index (χ0v) is 14.0. The number of benzene rings is 1. The van der Waals surface area contributed by atoms with Crippen LogP contribution in [0.25, 0.3) is 12.2 Å². The Morgan fingerprint density at radius 3 is 2.25 bits per heavy atom. The van der Waals surface area contributed by atoms with Crippen molar-refractivity contribution in [3.8, 4) is 11.5 Å². The van der Waals surface area contributed by atoms with Crippen LogP contribution in [-0.4, -0.2) is 14.2 Å². The summed E-state index contributed by atoms with van der Waals surface area (Å²) in [5.74, 6) is 1.60. The van der Waals surface area contributed by atoms with Crippen molar-refractivity contribution in [2.45, 2.75) is 0 Å². The molecule has 2 aromatic rings. The highest BCUT2D eigenvalue weighted by atomic mass is 127. The van der Waals surface area contributed by atoms with Crippen molar-refractivity contribution in [2.75, 3.05) is 14.2 Å². The van der Waals surface area contributed by atoms with E-state index in [4.69, 9.17) is 9.47 Å². The Hall–Kier alpha value is -1.56. The minimum Gasteiger partial charge on any atom is -1.00 e. The fraction of sp³-hybridized carbons (Fsp3) is 0.188. The lowest BCUT2D eigenvalue weighted by atomic mass is 10.1. The molecule has 1 heterocycles. The number of hydrogen-bond acceptors (Lipinski definition) is 2. The number of rotatable bonds is 4. The van der Waals surface area contributed by atoms with Crippen molar-refractivity contribution in [3.63, 3.8) is 0 Å². The van der Waals surface area contributed by atoms with Crippen molar-refractivity contribution in [1.82, 2.24) is 0 Å². The second-order valence-electron chi connectivity index (χ2n) is 4.24. The predicted octanol–water partition coefficient (Wildman–Crippen LogP) is -0.297. The average molecular weight is 383 g/mol. The molecule has 0 aliphatic carbocycles. The highest BCUT2D eigenvalue weighted by Crippen LogP contribution is 2.26. The molecule has 0 amide bonds. The molecular formula is C16H18INO2. The Morgan fingerprint density at radius 1 is 0.950 bits per heavy atom. The van der Waals surface area contributed by atoms with E-state index >= 15 is 0 Å². The maximum atomic E-state index is 5.36. The van der Waals surface area contributed by atoms with E-state index in [1.165, 1.54) is 0 Å². The first-order valence-corrected chi connectivity index (χ1v) is 6.08. The smallest absolute Gasteiger partial charge is 0.169 e. The Kier molecular flexibility index (Phi) is 6.51. The number of hydrogen-bond donors (Lipinski definition) is 0. The van der Waals surface area contributed by atoms with Crippen LogP contribution < -0.4 is 38.0 Å². The van der Waals surface area contributed by atoms with Crippen LogP contribution in [0, 0.1) is 0 Å². The zero-order valence-electron chi connectivity index (χ0n) is 11.8. The summed E-state index contributed by atoms with van der Waals surface area (Å²) in [6.45, 7) is 0. The molecule has 0 saturated heterocycles. The topological polar surface area (TPSA) is 22.3 Å². The number of halogens is 1. The summed E-state index contributed by atoms with van der Waals surface area (Å²) in [4.78, 5) is 0. The molecule has 0 radical (unpaired) electrons. The quantitative estimate of drug-likeness (QED) is 0.535. The van der Waals surface area contributed by atoms with Gasteiger partial charge in [0.25, 0.3) is 0 Å². The molecule has 2 rings (SSSR count). The largest absolute Gasteiger partial charge is 1.00 e. The molecule has 4 heteroatoms. The van der Waals surface area contributed by atoms with Crippen LogP contribution in [0.5, 0.6) is 11.5 Å². The molecule has 0 atom stereocenters. The van der Waals surface area contributed by atoms with Crippen LogP contribution in [0.2, 0.25) is 0 Å². The molecule has 1 aromatic heterocycles. The third-order valence-corrected chi connectivity index (χ3v) is 2.90. The minimum atomic E-state index is 0. The summed E-state index contributed by atoms with van der Waals surface area (Å²) >= 11 is 0. The van der Waals surface area contributed by atoms with Crippen LogP contribution >= 0.6 is 0 Å². The average Bonchev–Trinajstić information content (AvgIpc) is 2.46. The van der Waals surface area contributed by atoms with Gasteiger partial charge in [-0.15, -0.1) is 0 Å². The van der Waals surface area contributed by atoms with Gasteiger partial charge < -0.3 is 33.5 Å². The van der Waals surface area contributed by atoms with Gasteiger partial charge in [0.2, 0.25) is 0 Å². The van der Waals surface area contributed by atoms with Crippen LogP contribution in [0.3, 0.4) is 0 Å². The first kappa shape index (κ1) is 16.5. The molecule has 106 valence electrons. The first-order valence-electron chi connectivity index (χ1n) is 6.08.